The maximum absolute atomic E-state index is 11.6. The number of rotatable bonds is 5. The normalized spacial score (nSPS) is 11.6. The van der Waals surface area contributed by atoms with Crippen LogP contribution in [0.3, 0.4) is 0 Å². The Kier molecular flexibility index (Phi) is 6.07. The maximum atomic E-state index is 11.6. The minimum Gasteiger partial charge on any atom is -0.476 e. The molecule has 0 heterocycles. The van der Waals surface area contributed by atoms with Crippen molar-refractivity contribution in [2.45, 2.75) is 4.90 Å². The van der Waals surface area contributed by atoms with Crippen molar-refractivity contribution in [3.8, 4) is 17.6 Å². The van der Waals surface area contributed by atoms with Gasteiger partial charge in [0.25, 0.3) is 0 Å². The molecule has 0 bridgehead atoms. The standard InChI is InChI=1S/C18H17N3O5S/c1-27(24,25)15-4-2-3-13(11-15)6-5-12-7-9-14(10-8-12)26-17(21-20)16(19)18(22)23/h2-4,7-11,21H,19-20H2,1H3,(H,22,23)/b17-16+. The molecule has 0 unspecified atom stereocenters. The molecular weight excluding hydrogens is 370 g/mol. The molecule has 0 aliphatic heterocycles. The van der Waals surface area contributed by atoms with Gasteiger partial charge in [-0.1, -0.05) is 17.9 Å². The van der Waals surface area contributed by atoms with Crippen LogP contribution >= 0.6 is 0 Å². The van der Waals surface area contributed by atoms with Crippen molar-refractivity contribution in [3.05, 3.63) is 71.2 Å². The maximum Gasteiger partial charge on any atom is 0.357 e. The molecule has 8 nitrogen and oxygen atoms in total. The van der Waals surface area contributed by atoms with Gasteiger partial charge in [0.15, 0.2) is 15.5 Å². The monoisotopic (exact) mass is 387 g/mol. The number of benzene rings is 2. The molecule has 27 heavy (non-hydrogen) atoms. The molecule has 6 N–H and O–H groups in total. The molecule has 2 aromatic carbocycles. The number of hydrazine groups is 1. The highest BCUT2D eigenvalue weighted by Crippen LogP contribution is 2.15. The van der Waals surface area contributed by atoms with Gasteiger partial charge in [-0.15, -0.1) is 0 Å². The molecule has 9 heteroatoms. The third-order valence-corrected chi connectivity index (χ3v) is 4.40. The van der Waals surface area contributed by atoms with Crippen LogP contribution in [0.4, 0.5) is 0 Å². The fourth-order valence-corrected chi connectivity index (χ4v) is 2.60. The minimum atomic E-state index is -3.30. The third-order valence-electron chi connectivity index (χ3n) is 3.29. The van der Waals surface area contributed by atoms with E-state index in [4.69, 9.17) is 21.4 Å². The number of ether oxygens (including phenoxy) is 1. The number of carbonyl (C=O) groups is 1. The van der Waals surface area contributed by atoms with Crippen molar-refractivity contribution < 1.29 is 23.1 Å². The second-order valence-corrected chi connectivity index (χ2v) is 7.38. The molecule has 2 aromatic rings. The lowest BCUT2D eigenvalue weighted by atomic mass is 10.2. The first-order valence-corrected chi connectivity index (χ1v) is 9.39. The summed E-state index contributed by atoms with van der Waals surface area (Å²) in [6.07, 6.45) is 1.13. The molecule has 2 rings (SSSR count). The van der Waals surface area contributed by atoms with Crippen molar-refractivity contribution in [2.75, 3.05) is 6.26 Å². The van der Waals surface area contributed by atoms with Crippen LogP contribution in [0.15, 0.2) is 65.0 Å². The first-order valence-electron chi connectivity index (χ1n) is 7.50. The third kappa shape index (κ3) is 5.50. The number of hydrogen-bond donors (Lipinski definition) is 4. The highest BCUT2D eigenvalue weighted by Gasteiger charge is 2.12. The zero-order chi connectivity index (χ0) is 20.0. The van der Waals surface area contributed by atoms with Crippen molar-refractivity contribution in [1.29, 1.82) is 0 Å². The molecule has 0 aliphatic carbocycles. The number of sulfone groups is 1. The van der Waals surface area contributed by atoms with E-state index in [0.29, 0.717) is 16.9 Å². The van der Waals surface area contributed by atoms with Crippen LogP contribution in [0.25, 0.3) is 0 Å². The zero-order valence-electron chi connectivity index (χ0n) is 14.3. The summed E-state index contributed by atoms with van der Waals surface area (Å²) in [5, 5.41) is 8.84. The van der Waals surface area contributed by atoms with Crippen molar-refractivity contribution in [2.24, 2.45) is 11.6 Å². The number of carboxylic acid groups (broad SMARTS) is 1. The van der Waals surface area contributed by atoms with Gasteiger partial charge in [0.1, 0.15) is 5.75 Å². The zero-order valence-corrected chi connectivity index (χ0v) is 15.1. The van der Waals surface area contributed by atoms with E-state index < -0.39 is 21.5 Å². The topological polar surface area (TPSA) is 145 Å². The second-order valence-electron chi connectivity index (χ2n) is 5.37. The van der Waals surface area contributed by atoms with Crippen LogP contribution in [0.5, 0.6) is 5.75 Å². The Morgan fingerprint density at radius 3 is 2.30 bits per heavy atom. The summed E-state index contributed by atoms with van der Waals surface area (Å²) >= 11 is 0. The number of aliphatic carboxylic acids is 1. The summed E-state index contributed by atoms with van der Waals surface area (Å²) in [6, 6.07) is 12.7. The summed E-state index contributed by atoms with van der Waals surface area (Å²) in [5.74, 6) is 9.63. The van der Waals surface area contributed by atoms with E-state index in [0.717, 1.165) is 6.26 Å². The Bertz CT molecular complexity index is 1050. The lowest BCUT2D eigenvalue weighted by Crippen LogP contribution is -2.31. The average molecular weight is 387 g/mol. The second kappa shape index (κ2) is 8.27. The summed E-state index contributed by atoms with van der Waals surface area (Å²) in [4.78, 5) is 11.0. The smallest absolute Gasteiger partial charge is 0.357 e. The summed E-state index contributed by atoms with van der Waals surface area (Å²) < 4.78 is 28.4. The Labute approximate surface area is 156 Å². The quantitative estimate of drug-likeness (QED) is 0.191. The molecule has 0 saturated heterocycles. The van der Waals surface area contributed by atoms with Gasteiger partial charge in [0.05, 0.1) is 4.90 Å². The molecule has 0 aromatic heterocycles. The van der Waals surface area contributed by atoms with Crippen LogP contribution in [-0.2, 0) is 14.6 Å². The molecule has 0 fully saturated rings. The molecule has 0 aliphatic rings. The van der Waals surface area contributed by atoms with Gasteiger partial charge in [-0.3, -0.25) is 5.43 Å². The van der Waals surface area contributed by atoms with E-state index in [-0.39, 0.29) is 10.8 Å². The predicted octanol–water partition coefficient (Wildman–Crippen LogP) is 0.544. The summed E-state index contributed by atoms with van der Waals surface area (Å²) in [7, 11) is -3.30. The molecule has 0 atom stereocenters. The van der Waals surface area contributed by atoms with Gasteiger partial charge >= 0.3 is 5.97 Å². The van der Waals surface area contributed by atoms with Gasteiger partial charge in [0.2, 0.25) is 5.88 Å². The number of nitrogens with one attached hydrogen (secondary N) is 1. The van der Waals surface area contributed by atoms with Gasteiger partial charge < -0.3 is 15.6 Å². The van der Waals surface area contributed by atoms with Crippen LogP contribution in [0, 0.1) is 11.8 Å². The Morgan fingerprint density at radius 1 is 1.11 bits per heavy atom. The molecule has 0 radical (unpaired) electrons. The van der Waals surface area contributed by atoms with Gasteiger partial charge in [-0.2, -0.15) is 0 Å². The van der Waals surface area contributed by atoms with E-state index in [2.05, 4.69) is 17.3 Å². The average Bonchev–Trinajstić information content (AvgIpc) is 2.64. The fourth-order valence-electron chi connectivity index (χ4n) is 1.93. The Hall–Kier alpha value is -3.48. The van der Waals surface area contributed by atoms with E-state index in [1.54, 1.807) is 36.4 Å². The first-order chi connectivity index (χ1) is 12.7. The highest BCUT2D eigenvalue weighted by atomic mass is 32.2. The summed E-state index contributed by atoms with van der Waals surface area (Å²) in [5.41, 5.74) is 8.08. The molecule has 0 saturated carbocycles. The lowest BCUT2D eigenvalue weighted by Gasteiger charge is -2.10. The van der Waals surface area contributed by atoms with Gasteiger partial charge in [-0.25, -0.2) is 19.1 Å². The number of nitrogens with two attached hydrogens (primary N) is 2. The first kappa shape index (κ1) is 19.8. The highest BCUT2D eigenvalue weighted by molar-refractivity contribution is 7.90. The Morgan fingerprint density at radius 2 is 1.74 bits per heavy atom. The van der Waals surface area contributed by atoms with Gasteiger partial charge in [-0.05, 0) is 42.5 Å². The van der Waals surface area contributed by atoms with Crippen LogP contribution in [-0.4, -0.2) is 25.7 Å². The van der Waals surface area contributed by atoms with Crippen LogP contribution < -0.4 is 21.7 Å². The van der Waals surface area contributed by atoms with Crippen molar-refractivity contribution >= 4 is 15.8 Å². The van der Waals surface area contributed by atoms with Crippen LogP contribution in [0.1, 0.15) is 11.1 Å². The summed E-state index contributed by atoms with van der Waals surface area (Å²) in [6.45, 7) is 0. The van der Waals surface area contributed by atoms with E-state index >= 15 is 0 Å². The van der Waals surface area contributed by atoms with Crippen molar-refractivity contribution in [3.63, 3.8) is 0 Å². The largest absolute Gasteiger partial charge is 0.476 e. The van der Waals surface area contributed by atoms with Crippen LogP contribution in [0.2, 0.25) is 0 Å². The van der Waals surface area contributed by atoms with E-state index in [1.165, 1.54) is 12.1 Å². The van der Waals surface area contributed by atoms with E-state index in [9.17, 15) is 13.2 Å². The van der Waals surface area contributed by atoms with Crippen molar-refractivity contribution in [1.82, 2.24) is 5.43 Å². The Balaban J connectivity index is 2.19. The van der Waals surface area contributed by atoms with E-state index in [1.807, 2.05) is 0 Å². The SMILES string of the molecule is CS(=O)(=O)c1cccc(C#Cc2ccc(O/C(NN)=C(/N)C(=O)O)cc2)c1. The van der Waals surface area contributed by atoms with Gasteiger partial charge in [0, 0.05) is 17.4 Å². The molecule has 0 spiro atoms. The minimum absolute atomic E-state index is 0.197. The number of carboxylic acids is 1. The molecular formula is C18H17N3O5S. The fraction of sp³-hybridized carbons (Fsp3) is 0.0556. The predicted molar refractivity (Wildman–Crippen MR) is 98.8 cm³/mol. The number of hydrogen-bond acceptors (Lipinski definition) is 7. The lowest BCUT2D eigenvalue weighted by molar-refractivity contribution is -0.132. The molecule has 140 valence electrons. The molecule has 0 amide bonds.